The monoisotopic (exact) mass is 294 g/mol. The Bertz CT molecular complexity index is 508. The van der Waals surface area contributed by atoms with Gasteiger partial charge in [-0.05, 0) is 36.5 Å². The lowest BCUT2D eigenvalue weighted by Crippen LogP contribution is -2.47. The van der Waals surface area contributed by atoms with Crippen LogP contribution in [0.25, 0.3) is 0 Å². The van der Waals surface area contributed by atoms with E-state index in [-0.39, 0.29) is 0 Å². The van der Waals surface area contributed by atoms with Crippen molar-refractivity contribution < 1.29 is 9.59 Å². The summed E-state index contributed by atoms with van der Waals surface area (Å²) in [5.41, 5.74) is 0.536. The molecule has 4 nitrogen and oxygen atoms in total. The lowest BCUT2D eigenvalue weighted by Gasteiger charge is -2.34. The van der Waals surface area contributed by atoms with Crippen LogP contribution in [0.5, 0.6) is 0 Å². The maximum Gasteiger partial charge on any atom is 0.313 e. The molecule has 1 aromatic rings. The summed E-state index contributed by atoms with van der Waals surface area (Å²) in [6, 6.07) is 6.77. The molecule has 5 heteroatoms. The van der Waals surface area contributed by atoms with Crippen molar-refractivity contribution in [3.8, 4) is 0 Å². The third-order valence-corrected chi connectivity index (χ3v) is 3.67. The van der Waals surface area contributed by atoms with Gasteiger partial charge in [0.15, 0.2) is 0 Å². The number of likely N-dealkylation sites (tertiary alicyclic amines) is 1. The largest absolute Gasteiger partial charge is 0.334 e. The standard InChI is InChI=1S/C15H19ClN2O2/c1-10-6-11(2)9-18(8-10)15(20)14(19)17-13-5-3-4-12(16)7-13/h3-5,7,10-11H,6,8-9H2,1-2H3,(H,17,19). The van der Waals surface area contributed by atoms with E-state index in [1.165, 1.54) is 0 Å². The van der Waals surface area contributed by atoms with E-state index >= 15 is 0 Å². The molecule has 0 bridgehead atoms. The first-order valence-corrected chi connectivity index (χ1v) is 7.19. The van der Waals surface area contributed by atoms with E-state index in [0.29, 0.717) is 35.6 Å². The lowest BCUT2D eigenvalue weighted by atomic mass is 9.92. The molecule has 1 heterocycles. The number of nitrogens with one attached hydrogen (secondary N) is 1. The van der Waals surface area contributed by atoms with Crippen molar-refractivity contribution in [3.63, 3.8) is 0 Å². The average Bonchev–Trinajstić information content (AvgIpc) is 2.36. The predicted molar refractivity (Wildman–Crippen MR) is 79.6 cm³/mol. The Morgan fingerprint density at radius 3 is 2.50 bits per heavy atom. The third-order valence-electron chi connectivity index (χ3n) is 3.43. The highest BCUT2D eigenvalue weighted by Crippen LogP contribution is 2.21. The molecule has 108 valence electrons. The topological polar surface area (TPSA) is 49.4 Å². The van der Waals surface area contributed by atoms with Gasteiger partial charge in [-0.15, -0.1) is 0 Å². The number of amides is 2. The van der Waals surface area contributed by atoms with Crippen molar-refractivity contribution >= 4 is 29.1 Å². The van der Waals surface area contributed by atoms with Crippen molar-refractivity contribution in [1.29, 1.82) is 0 Å². The molecule has 1 aliphatic rings. The minimum atomic E-state index is -0.603. The fourth-order valence-electron chi connectivity index (χ4n) is 2.72. The van der Waals surface area contributed by atoms with E-state index < -0.39 is 11.8 Å². The van der Waals surface area contributed by atoms with Gasteiger partial charge in [0.05, 0.1) is 0 Å². The highest BCUT2D eigenvalue weighted by Gasteiger charge is 2.29. The van der Waals surface area contributed by atoms with Gasteiger partial charge in [0, 0.05) is 23.8 Å². The minimum Gasteiger partial charge on any atom is -0.334 e. The molecule has 0 spiro atoms. The first kappa shape index (κ1) is 14.9. The number of hydrogen-bond acceptors (Lipinski definition) is 2. The molecule has 0 aliphatic carbocycles. The molecule has 0 radical (unpaired) electrons. The van der Waals surface area contributed by atoms with Gasteiger partial charge in [-0.25, -0.2) is 0 Å². The van der Waals surface area contributed by atoms with Gasteiger partial charge in [0.25, 0.3) is 0 Å². The second-order valence-electron chi connectivity index (χ2n) is 5.62. The summed E-state index contributed by atoms with van der Waals surface area (Å²) in [5, 5.41) is 3.12. The van der Waals surface area contributed by atoms with Crippen LogP contribution in [-0.4, -0.2) is 29.8 Å². The highest BCUT2D eigenvalue weighted by atomic mass is 35.5. The highest BCUT2D eigenvalue weighted by molar-refractivity contribution is 6.39. The number of rotatable bonds is 1. The number of carbonyl (C=O) groups is 2. The number of benzene rings is 1. The SMILES string of the molecule is CC1CC(C)CN(C(=O)C(=O)Nc2cccc(Cl)c2)C1. The summed E-state index contributed by atoms with van der Waals surface area (Å²) in [4.78, 5) is 25.8. The van der Waals surface area contributed by atoms with Gasteiger partial charge in [0.1, 0.15) is 0 Å². The third kappa shape index (κ3) is 3.73. The van der Waals surface area contributed by atoms with Crippen LogP contribution in [0.15, 0.2) is 24.3 Å². The van der Waals surface area contributed by atoms with Crippen LogP contribution in [0.2, 0.25) is 5.02 Å². The molecular weight excluding hydrogens is 276 g/mol. The number of nitrogens with zero attached hydrogens (tertiary/aromatic N) is 1. The summed E-state index contributed by atoms with van der Waals surface area (Å²) in [7, 11) is 0. The molecule has 2 rings (SSSR count). The van der Waals surface area contributed by atoms with E-state index in [1.54, 1.807) is 29.2 Å². The van der Waals surface area contributed by atoms with Crippen LogP contribution in [0.3, 0.4) is 0 Å². The molecule has 1 aliphatic heterocycles. The number of hydrogen-bond donors (Lipinski definition) is 1. The second kappa shape index (κ2) is 6.27. The fraction of sp³-hybridized carbons (Fsp3) is 0.467. The quantitative estimate of drug-likeness (QED) is 0.810. The van der Waals surface area contributed by atoms with E-state index in [2.05, 4.69) is 19.2 Å². The maximum atomic E-state index is 12.2. The normalized spacial score (nSPS) is 22.4. The Labute approximate surface area is 124 Å². The number of anilines is 1. The molecule has 1 aromatic carbocycles. The Morgan fingerprint density at radius 1 is 1.25 bits per heavy atom. The second-order valence-corrected chi connectivity index (χ2v) is 6.06. The van der Waals surface area contributed by atoms with Crippen molar-refractivity contribution in [2.75, 3.05) is 18.4 Å². The van der Waals surface area contributed by atoms with Crippen LogP contribution in [0, 0.1) is 11.8 Å². The minimum absolute atomic E-state index is 0.432. The van der Waals surface area contributed by atoms with Gasteiger partial charge >= 0.3 is 11.8 Å². The molecule has 2 unspecified atom stereocenters. The first-order chi connectivity index (χ1) is 9.45. The number of halogens is 1. The number of piperidine rings is 1. The first-order valence-electron chi connectivity index (χ1n) is 6.81. The predicted octanol–water partition coefficient (Wildman–Crippen LogP) is 2.78. The smallest absolute Gasteiger partial charge is 0.313 e. The molecule has 0 saturated carbocycles. The van der Waals surface area contributed by atoms with Crippen molar-refractivity contribution in [2.45, 2.75) is 20.3 Å². The van der Waals surface area contributed by atoms with E-state index in [9.17, 15) is 9.59 Å². The Morgan fingerprint density at radius 2 is 1.90 bits per heavy atom. The van der Waals surface area contributed by atoms with Crippen molar-refractivity contribution in [3.05, 3.63) is 29.3 Å². The molecule has 20 heavy (non-hydrogen) atoms. The summed E-state index contributed by atoms with van der Waals surface area (Å²) in [6.07, 6.45) is 1.10. The van der Waals surface area contributed by atoms with Gasteiger partial charge in [-0.1, -0.05) is 31.5 Å². The van der Waals surface area contributed by atoms with Crippen LogP contribution >= 0.6 is 11.6 Å². The van der Waals surface area contributed by atoms with E-state index in [1.807, 2.05) is 0 Å². The molecule has 0 aromatic heterocycles. The zero-order chi connectivity index (χ0) is 14.7. The zero-order valence-corrected chi connectivity index (χ0v) is 12.5. The van der Waals surface area contributed by atoms with Gasteiger partial charge in [0.2, 0.25) is 0 Å². The van der Waals surface area contributed by atoms with E-state index in [0.717, 1.165) is 6.42 Å². The van der Waals surface area contributed by atoms with E-state index in [4.69, 9.17) is 11.6 Å². The Hall–Kier alpha value is -1.55. The Balaban J connectivity index is 2.00. The summed E-state index contributed by atoms with van der Waals surface area (Å²) in [6.45, 7) is 5.49. The average molecular weight is 295 g/mol. The molecular formula is C15H19ClN2O2. The van der Waals surface area contributed by atoms with Crippen LogP contribution in [-0.2, 0) is 9.59 Å². The maximum absolute atomic E-state index is 12.2. The molecule has 1 N–H and O–H groups in total. The van der Waals surface area contributed by atoms with Crippen molar-refractivity contribution in [1.82, 2.24) is 4.90 Å². The van der Waals surface area contributed by atoms with Gasteiger partial charge < -0.3 is 10.2 Å². The van der Waals surface area contributed by atoms with Crippen LogP contribution < -0.4 is 5.32 Å². The number of carbonyl (C=O) groups excluding carboxylic acids is 2. The molecule has 2 atom stereocenters. The van der Waals surface area contributed by atoms with Crippen molar-refractivity contribution in [2.24, 2.45) is 11.8 Å². The Kier molecular flexibility index (Phi) is 4.65. The summed E-state index contributed by atoms with van der Waals surface area (Å²) >= 11 is 5.85. The lowest BCUT2D eigenvalue weighted by molar-refractivity contribution is -0.144. The van der Waals surface area contributed by atoms with Crippen LogP contribution in [0.1, 0.15) is 20.3 Å². The molecule has 1 fully saturated rings. The fourth-order valence-corrected chi connectivity index (χ4v) is 2.91. The summed E-state index contributed by atoms with van der Waals surface area (Å²) in [5.74, 6) is -0.208. The molecule has 2 amide bonds. The zero-order valence-electron chi connectivity index (χ0n) is 11.7. The summed E-state index contributed by atoms with van der Waals surface area (Å²) < 4.78 is 0. The van der Waals surface area contributed by atoms with Gasteiger partial charge in [-0.2, -0.15) is 0 Å². The van der Waals surface area contributed by atoms with Crippen LogP contribution in [0.4, 0.5) is 5.69 Å². The van der Waals surface area contributed by atoms with Gasteiger partial charge in [-0.3, -0.25) is 9.59 Å². The molecule has 1 saturated heterocycles.